The van der Waals surface area contributed by atoms with Crippen LogP contribution in [0.4, 0.5) is 0 Å². The first-order valence-electron chi connectivity index (χ1n) is 13.2. The lowest BCUT2D eigenvalue weighted by atomic mass is 9.70. The van der Waals surface area contributed by atoms with E-state index in [1.165, 1.54) is 0 Å². The van der Waals surface area contributed by atoms with Crippen LogP contribution in [0.5, 0.6) is 0 Å². The van der Waals surface area contributed by atoms with Crippen LogP contribution in [-0.4, -0.2) is 63.5 Å². The van der Waals surface area contributed by atoms with Crippen molar-refractivity contribution in [2.24, 2.45) is 11.8 Å². The zero-order chi connectivity index (χ0) is 24.8. The number of hydrogen-bond acceptors (Lipinski definition) is 5. The molecule has 1 aromatic rings. The van der Waals surface area contributed by atoms with Gasteiger partial charge in [0.25, 0.3) is 0 Å². The quantitative estimate of drug-likeness (QED) is 0.361. The fourth-order valence-corrected chi connectivity index (χ4v) is 8.37. The molecule has 3 fully saturated rings. The second-order valence-corrected chi connectivity index (χ2v) is 11.7. The number of nitrogens with zero attached hydrogens (tertiary/aromatic N) is 1. The van der Waals surface area contributed by atoms with Crippen molar-refractivity contribution in [3.8, 4) is 0 Å². The molecule has 0 aromatic heterocycles. The molecule has 3 saturated heterocycles. The summed E-state index contributed by atoms with van der Waals surface area (Å²) in [7, 11) is 0. The standard InChI is InChI=1S/C27H39N3O4S/c1-2-3-8-15-28-25(33)23-27-14-13-20(35-27)21(24(32)29-18-19-11-6-4-7-12-19)22(27)26(34)30(23)16-9-5-10-17-31/h4,6-7,11-12,20-23,31H,2-3,5,8-10,13-18H2,1H3,(H,28,33)(H,29,32)/t20-,21+,22+,23?,27?/m1/s1. The highest BCUT2D eigenvalue weighted by Crippen LogP contribution is 2.66. The molecule has 2 bridgehead atoms. The molecule has 3 N–H and O–H groups in total. The highest BCUT2D eigenvalue weighted by atomic mass is 32.2. The predicted molar refractivity (Wildman–Crippen MR) is 138 cm³/mol. The molecule has 0 radical (unpaired) electrons. The Morgan fingerprint density at radius 3 is 2.63 bits per heavy atom. The fraction of sp³-hybridized carbons (Fsp3) is 0.667. The summed E-state index contributed by atoms with van der Waals surface area (Å²) in [6.45, 7) is 3.81. The number of carbonyl (C=O) groups excluding carboxylic acids is 3. The van der Waals surface area contributed by atoms with Crippen molar-refractivity contribution in [2.75, 3.05) is 19.7 Å². The lowest BCUT2D eigenvalue weighted by Crippen LogP contribution is -2.54. The minimum Gasteiger partial charge on any atom is -0.396 e. The van der Waals surface area contributed by atoms with Crippen LogP contribution in [0.15, 0.2) is 30.3 Å². The number of fused-ring (bicyclic) bond motifs is 1. The number of thioether (sulfide) groups is 1. The number of carbonyl (C=O) groups is 3. The van der Waals surface area contributed by atoms with Crippen LogP contribution in [0.2, 0.25) is 0 Å². The van der Waals surface area contributed by atoms with Gasteiger partial charge in [0.1, 0.15) is 6.04 Å². The van der Waals surface area contributed by atoms with Gasteiger partial charge >= 0.3 is 0 Å². The van der Waals surface area contributed by atoms with Crippen molar-refractivity contribution in [3.63, 3.8) is 0 Å². The van der Waals surface area contributed by atoms with Crippen LogP contribution in [0.1, 0.15) is 63.9 Å². The van der Waals surface area contributed by atoms with Gasteiger partial charge < -0.3 is 20.6 Å². The molecule has 3 aliphatic heterocycles. The van der Waals surface area contributed by atoms with Crippen LogP contribution in [0, 0.1) is 11.8 Å². The van der Waals surface area contributed by atoms with Crippen LogP contribution in [-0.2, 0) is 20.9 Å². The number of aliphatic hydroxyl groups is 1. The van der Waals surface area contributed by atoms with Gasteiger partial charge in [0, 0.05) is 31.5 Å². The number of benzene rings is 1. The van der Waals surface area contributed by atoms with Gasteiger partial charge in [0.2, 0.25) is 17.7 Å². The predicted octanol–water partition coefficient (Wildman–Crippen LogP) is 2.86. The number of rotatable bonds is 13. The molecular weight excluding hydrogens is 462 g/mol. The van der Waals surface area contributed by atoms with Gasteiger partial charge in [-0.25, -0.2) is 0 Å². The summed E-state index contributed by atoms with van der Waals surface area (Å²) in [6.07, 6.45) is 6.95. The summed E-state index contributed by atoms with van der Waals surface area (Å²) < 4.78 is -0.525. The molecule has 2 unspecified atom stereocenters. The smallest absolute Gasteiger partial charge is 0.244 e. The first kappa shape index (κ1) is 26.0. The Kier molecular flexibility index (Phi) is 8.76. The Bertz CT molecular complexity index is 898. The van der Waals surface area contributed by atoms with Gasteiger partial charge in [-0.1, -0.05) is 50.1 Å². The normalized spacial score (nSPS) is 28.9. The van der Waals surface area contributed by atoms with Crippen molar-refractivity contribution < 1.29 is 19.5 Å². The van der Waals surface area contributed by atoms with Crippen LogP contribution in [0.25, 0.3) is 0 Å². The average Bonchev–Trinajstić information content (AvgIpc) is 3.51. The molecule has 0 saturated carbocycles. The minimum atomic E-state index is -0.530. The van der Waals surface area contributed by atoms with Crippen molar-refractivity contribution in [1.29, 1.82) is 0 Å². The summed E-state index contributed by atoms with van der Waals surface area (Å²) in [4.78, 5) is 42.5. The molecule has 7 nitrogen and oxygen atoms in total. The summed E-state index contributed by atoms with van der Waals surface area (Å²) >= 11 is 1.71. The fourth-order valence-electron chi connectivity index (χ4n) is 6.15. The monoisotopic (exact) mass is 501 g/mol. The van der Waals surface area contributed by atoms with Crippen LogP contribution < -0.4 is 10.6 Å². The zero-order valence-corrected chi connectivity index (χ0v) is 21.5. The van der Waals surface area contributed by atoms with E-state index in [9.17, 15) is 14.4 Å². The molecule has 8 heteroatoms. The molecule has 0 aliphatic carbocycles. The third-order valence-electron chi connectivity index (χ3n) is 7.80. The van der Waals surface area contributed by atoms with Crippen LogP contribution in [0.3, 0.4) is 0 Å². The minimum absolute atomic E-state index is 0.0442. The number of nitrogens with one attached hydrogen (secondary N) is 2. The molecule has 1 aromatic carbocycles. The first-order valence-corrected chi connectivity index (χ1v) is 14.1. The molecule has 3 heterocycles. The maximum absolute atomic E-state index is 13.8. The molecule has 1 spiro atoms. The van der Waals surface area contributed by atoms with E-state index in [1.807, 2.05) is 30.3 Å². The second kappa shape index (κ2) is 11.8. The van der Waals surface area contributed by atoms with Crippen molar-refractivity contribution >= 4 is 29.5 Å². The zero-order valence-electron chi connectivity index (χ0n) is 20.7. The van der Waals surface area contributed by atoms with E-state index >= 15 is 0 Å². The summed E-state index contributed by atoms with van der Waals surface area (Å²) in [6, 6.07) is 9.26. The molecule has 5 atom stereocenters. The van der Waals surface area contributed by atoms with E-state index < -0.39 is 22.6 Å². The molecule has 35 heavy (non-hydrogen) atoms. The van der Waals surface area contributed by atoms with Gasteiger partial charge in [0.15, 0.2) is 0 Å². The van der Waals surface area contributed by atoms with Gasteiger partial charge in [0.05, 0.1) is 16.6 Å². The topological polar surface area (TPSA) is 98.7 Å². The van der Waals surface area contributed by atoms with Gasteiger partial charge in [-0.05, 0) is 44.1 Å². The molecule has 3 aliphatic rings. The average molecular weight is 502 g/mol. The van der Waals surface area contributed by atoms with E-state index in [-0.39, 0.29) is 29.6 Å². The van der Waals surface area contributed by atoms with Crippen molar-refractivity contribution in [3.05, 3.63) is 35.9 Å². The van der Waals surface area contributed by atoms with E-state index in [0.717, 1.165) is 50.5 Å². The highest BCUT2D eigenvalue weighted by molar-refractivity contribution is 8.02. The Labute approximate surface area is 212 Å². The highest BCUT2D eigenvalue weighted by Gasteiger charge is 2.73. The van der Waals surface area contributed by atoms with Crippen molar-refractivity contribution in [1.82, 2.24) is 15.5 Å². The lowest BCUT2D eigenvalue weighted by Gasteiger charge is -2.34. The molecular formula is C27H39N3O4S. The van der Waals surface area contributed by atoms with E-state index in [4.69, 9.17) is 5.11 Å². The number of hydrogen-bond donors (Lipinski definition) is 3. The third kappa shape index (κ3) is 5.24. The van der Waals surface area contributed by atoms with E-state index in [2.05, 4.69) is 17.6 Å². The Hall–Kier alpha value is -2.06. The van der Waals surface area contributed by atoms with E-state index in [0.29, 0.717) is 26.1 Å². The Morgan fingerprint density at radius 1 is 1.09 bits per heavy atom. The SMILES string of the molecule is CCCCCNC(=O)C1N(CCCCCO)C(=O)[C@@H]2[C@@H](C(=O)NCc3ccccc3)[C@H]3CCC12S3. The maximum Gasteiger partial charge on any atom is 0.244 e. The van der Waals surface area contributed by atoms with Gasteiger partial charge in [-0.3, -0.25) is 14.4 Å². The van der Waals surface area contributed by atoms with Crippen molar-refractivity contribution in [2.45, 2.75) is 80.9 Å². The summed E-state index contributed by atoms with van der Waals surface area (Å²) in [5.41, 5.74) is 1.03. The largest absolute Gasteiger partial charge is 0.396 e. The summed E-state index contributed by atoms with van der Waals surface area (Å²) in [5, 5.41) is 15.4. The maximum atomic E-state index is 13.8. The lowest BCUT2D eigenvalue weighted by molar-refractivity contribution is -0.140. The second-order valence-electron chi connectivity index (χ2n) is 10.1. The third-order valence-corrected chi connectivity index (χ3v) is 9.75. The number of aliphatic hydroxyl groups excluding tert-OH is 1. The van der Waals surface area contributed by atoms with Gasteiger partial charge in [-0.15, -0.1) is 11.8 Å². The van der Waals surface area contributed by atoms with Crippen LogP contribution >= 0.6 is 11.8 Å². The summed E-state index contributed by atoms with van der Waals surface area (Å²) in [5.74, 6) is -1.04. The molecule has 4 rings (SSSR count). The van der Waals surface area contributed by atoms with E-state index in [1.54, 1.807) is 16.7 Å². The number of amides is 3. The van der Waals surface area contributed by atoms with Gasteiger partial charge in [-0.2, -0.15) is 0 Å². The number of likely N-dealkylation sites (tertiary alicyclic amines) is 1. The first-order chi connectivity index (χ1) is 17.0. The number of unbranched alkanes of at least 4 members (excludes halogenated alkanes) is 4. The molecule has 192 valence electrons. The Morgan fingerprint density at radius 2 is 1.89 bits per heavy atom. The Balaban J connectivity index is 1.52. The molecule has 3 amide bonds.